The summed E-state index contributed by atoms with van der Waals surface area (Å²) in [6.07, 6.45) is 5.54. The van der Waals surface area contributed by atoms with Gasteiger partial charge in [-0.05, 0) is 42.9 Å². The minimum Gasteiger partial charge on any atom is -0.384 e. The molecule has 0 aromatic heterocycles. The molecule has 3 heteroatoms. The van der Waals surface area contributed by atoms with Crippen molar-refractivity contribution in [2.75, 3.05) is 0 Å². The number of benzene rings is 1. The SMILES string of the molecule is Cc1cc(C(=N)N)ccc1CSC1CCCC(C)C1. The number of hydrogen-bond donors (Lipinski definition) is 2. The lowest BCUT2D eigenvalue weighted by atomic mass is 9.91. The van der Waals surface area contributed by atoms with Crippen LogP contribution in [0, 0.1) is 18.3 Å². The number of nitrogens with one attached hydrogen (secondary N) is 1. The summed E-state index contributed by atoms with van der Waals surface area (Å²) in [6, 6.07) is 6.13. The predicted molar refractivity (Wildman–Crippen MR) is 84.9 cm³/mol. The maximum absolute atomic E-state index is 7.46. The maximum atomic E-state index is 7.46. The Kier molecular flexibility index (Phi) is 4.92. The van der Waals surface area contributed by atoms with Crippen LogP contribution in [-0.2, 0) is 5.75 Å². The van der Waals surface area contributed by atoms with Crippen molar-refractivity contribution in [1.29, 1.82) is 5.41 Å². The molecule has 0 radical (unpaired) electrons. The summed E-state index contributed by atoms with van der Waals surface area (Å²) < 4.78 is 0. The number of nitrogens with two attached hydrogens (primary N) is 1. The van der Waals surface area contributed by atoms with Crippen molar-refractivity contribution in [3.8, 4) is 0 Å². The molecule has 1 aromatic rings. The summed E-state index contributed by atoms with van der Waals surface area (Å²) in [6.45, 7) is 4.49. The molecule has 2 rings (SSSR count). The number of aryl methyl sites for hydroxylation is 1. The fourth-order valence-corrected chi connectivity index (χ4v) is 4.30. The molecule has 3 N–H and O–H groups in total. The third-order valence-corrected chi connectivity index (χ3v) is 5.39. The summed E-state index contributed by atoms with van der Waals surface area (Å²) >= 11 is 2.10. The van der Waals surface area contributed by atoms with E-state index < -0.39 is 0 Å². The van der Waals surface area contributed by atoms with Gasteiger partial charge in [0.25, 0.3) is 0 Å². The Labute approximate surface area is 120 Å². The molecule has 104 valence electrons. The van der Waals surface area contributed by atoms with Gasteiger partial charge in [-0.3, -0.25) is 5.41 Å². The minimum absolute atomic E-state index is 0.156. The number of rotatable bonds is 4. The highest BCUT2D eigenvalue weighted by Gasteiger charge is 2.19. The van der Waals surface area contributed by atoms with Crippen molar-refractivity contribution in [1.82, 2.24) is 0 Å². The van der Waals surface area contributed by atoms with Crippen LogP contribution >= 0.6 is 11.8 Å². The normalized spacial score (nSPS) is 23.3. The van der Waals surface area contributed by atoms with Gasteiger partial charge in [0.15, 0.2) is 0 Å². The van der Waals surface area contributed by atoms with Crippen LogP contribution in [0.3, 0.4) is 0 Å². The van der Waals surface area contributed by atoms with Gasteiger partial charge in [0, 0.05) is 16.6 Å². The molecule has 2 unspecified atom stereocenters. The summed E-state index contributed by atoms with van der Waals surface area (Å²) in [5, 5.41) is 8.29. The van der Waals surface area contributed by atoms with Gasteiger partial charge < -0.3 is 5.73 Å². The highest BCUT2D eigenvalue weighted by atomic mass is 32.2. The summed E-state index contributed by atoms with van der Waals surface area (Å²) in [5.74, 6) is 2.14. The first-order valence-electron chi connectivity index (χ1n) is 7.11. The van der Waals surface area contributed by atoms with Crippen molar-refractivity contribution in [2.24, 2.45) is 11.7 Å². The standard InChI is InChI=1S/C16H24N2S/c1-11-4-3-5-15(8-11)19-10-14-7-6-13(16(17)18)9-12(14)2/h6-7,9,11,15H,3-5,8,10H2,1-2H3,(H3,17,18). The molecular formula is C16H24N2S. The smallest absolute Gasteiger partial charge is 0.122 e. The zero-order chi connectivity index (χ0) is 13.8. The molecule has 1 saturated carbocycles. The van der Waals surface area contributed by atoms with Crippen molar-refractivity contribution in [2.45, 2.75) is 50.5 Å². The van der Waals surface area contributed by atoms with Crippen molar-refractivity contribution in [3.05, 3.63) is 34.9 Å². The largest absolute Gasteiger partial charge is 0.384 e. The molecule has 2 nitrogen and oxygen atoms in total. The predicted octanol–water partition coefficient (Wildman–Crippen LogP) is 4.09. The van der Waals surface area contributed by atoms with E-state index in [-0.39, 0.29) is 5.84 Å². The van der Waals surface area contributed by atoms with Gasteiger partial charge >= 0.3 is 0 Å². The molecule has 19 heavy (non-hydrogen) atoms. The molecular weight excluding hydrogens is 252 g/mol. The van der Waals surface area contributed by atoms with Crippen LogP contribution in [0.2, 0.25) is 0 Å². The minimum atomic E-state index is 0.156. The first-order valence-corrected chi connectivity index (χ1v) is 8.16. The van der Waals surface area contributed by atoms with Gasteiger partial charge in [0.05, 0.1) is 0 Å². The fourth-order valence-electron chi connectivity index (χ4n) is 2.76. The van der Waals surface area contributed by atoms with Crippen LogP contribution in [0.5, 0.6) is 0 Å². The first kappa shape index (κ1) is 14.4. The summed E-state index contributed by atoms with van der Waals surface area (Å²) in [7, 11) is 0. The molecule has 0 saturated heterocycles. The van der Waals surface area contributed by atoms with Crippen LogP contribution in [-0.4, -0.2) is 11.1 Å². The zero-order valence-corrected chi connectivity index (χ0v) is 12.7. The Hall–Kier alpha value is -0.960. The van der Waals surface area contributed by atoms with Crippen LogP contribution in [0.4, 0.5) is 0 Å². The lowest BCUT2D eigenvalue weighted by Crippen LogP contribution is -2.15. The van der Waals surface area contributed by atoms with Crippen LogP contribution in [0.1, 0.15) is 49.3 Å². The van der Waals surface area contributed by atoms with Crippen molar-refractivity contribution in [3.63, 3.8) is 0 Å². The van der Waals surface area contributed by atoms with Crippen molar-refractivity contribution >= 4 is 17.6 Å². The number of amidine groups is 1. The molecule has 0 heterocycles. The topological polar surface area (TPSA) is 49.9 Å². The zero-order valence-electron chi connectivity index (χ0n) is 11.9. The molecule has 2 atom stereocenters. The molecule has 1 aliphatic carbocycles. The third-order valence-electron chi connectivity index (χ3n) is 4.02. The molecule has 1 aliphatic rings. The molecule has 1 aromatic carbocycles. The van der Waals surface area contributed by atoms with Gasteiger partial charge in [-0.1, -0.05) is 31.9 Å². The monoisotopic (exact) mass is 276 g/mol. The van der Waals surface area contributed by atoms with Crippen LogP contribution < -0.4 is 5.73 Å². The highest BCUT2D eigenvalue weighted by molar-refractivity contribution is 7.99. The summed E-state index contributed by atoms with van der Waals surface area (Å²) in [4.78, 5) is 0. The summed E-state index contributed by atoms with van der Waals surface area (Å²) in [5.41, 5.74) is 8.98. The number of hydrogen-bond acceptors (Lipinski definition) is 2. The lowest BCUT2D eigenvalue weighted by Gasteiger charge is -2.26. The third kappa shape index (κ3) is 4.00. The lowest BCUT2D eigenvalue weighted by molar-refractivity contribution is 0.394. The average Bonchev–Trinajstić information content (AvgIpc) is 2.37. The van der Waals surface area contributed by atoms with Gasteiger partial charge in [0.1, 0.15) is 5.84 Å². The Bertz CT molecular complexity index is 456. The van der Waals surface area contributed by atoms with E-state index in [0.717, 1.165) is 22.5 Å². The second-order valence-electron chi connectivity index (χ2n) is 5.76. The Morgan fingerprint density at radius 3 is 2.84 bits per heavy atom. The molecule has 1 fully saturated rings. The van der Waals surface area contributed by atoms with Crippen molar-refractivity contribution < 1.29 is 0 Å². The fraction of sp³-hybridized carbons (Fsp3) is 0.562. The van der Waals surface area contributed by atoms with E-state index >= 15 is 0 Å². The molecule has 0 aliphatic heterocycles. The van der Waals surface area contributed by atoms with E-state index in [2.05, 4.69) is 31.7 Å². The Morgan fingerprint density at radius 1 is 1.42 bits per heavy atom. The van der Waals surface area contributed by atoms with Gasteiger partial charge in [-0.25, -0.2) is 0 Å². The Morgan fingerprint density at radius 2 is 2.21 bits per heavy atom. The molecule has 0 spiro atoms. The number of thioether (sulfide) groups is 1. The van der Waals surface area contributed by atoms with Gasteiger partial charge in [0.2, 0.25) is 0 Å². The van der Waals surface area contributed by atoms with E-state index in [1.54, 1.807) is 0 Å². The van der Waals surface area contributed by atoms with Gasteiger partial charge in [-0.2, -0.15) is 11.8 Å². The Balaban J connectivity index is 1.94. The van der Waals surface area contributed by atoms with E-state index in [4.69, 9.17) is 11.1 Å². The molecule has 0 amide bonds. The maximum Gasteiger partial charge on any atom is 0.122 e. The van der Waals surface area contributed by atoms with E-state index in [0.29, 0.717) is 0 Å². The van der Waals surface area contributed by atoms with E-state index in [1.807, 2.05) is 12.1 Å². The average molecular weight is 276 g/mol. The van der Waals surface area contributed by atoms with E-state index in [9.17, 15) is 0 Å². The number of nitrogen functional groups attached to an aromatic ring is 1. The quantitative estimate of drug-likeness (QED) is 0.643. The second-order valence-corrected chi connectivity index (χ2v) is 7.05. The van der Waals surface area contributed by atoms with Crippen LogP contribution in [0.25, 0.3) is 0 Å². The van der Waals surface area contributed by atoms with Gasteiger partial charge in [-0.15, -0.1) is 0 Å². The van der Waals surface area contributed by atoms with E-state index in [1.165, 1.54) is 36.8 Å². The molecule has 0 bridgehead atoms. The second kappa shape index (κ2) is 6.47. The van der Waals surface area contributed by atoms with Crippen LogP contribution in [0.15, 0.2) is 18.2 Å². The highest BCUT2D eigenvalue weighted by Crippen LogP contribution is 2.34. The first-order chi connectivity index (χ1) is 9.06.